The maximum Gasteiger partial charge on any atom is 0.166 e. The number of carbonyl (C=O) groups excluding carboxylic acids is 1. The van der Waals surface area contributed by atoms with Crippen molar-refractivity contribution < 1.29 is 14.3 Å². The lowest BCUT2D eigenvalue weighted by Gasteiger charge is -2.09. The third-order valence-corrected chi connectivity index (χ3v) is 2.75. The normalized spacial score (nSPS) is 9.95. The fourth-order valence-corrected chi connectivity index (χ4v) is 1.76. The molecule has 0 amide bonds. The van der Waals surface area contributed by atoms with Crippen molar-refractivity contribution in [3.8, 4) is 11.5 Å². The maximum atomic E-state index is 11.9. The zero-order valence-electron chi connectivity index (χ0n) is 10.8. The van der Waals surface area contributed by atoms with Crippen LogP contribution in [0.3, 0.4) is 0 Å². The Morgan fingerprint density at radius 1 is 0.947 bits per heavy atom. The molecule has 3 nitrogen and oxygen atoms in total. The Labute approximate surface area is 112 Å². The van der Waals surface area contributed by atoms with Crippen LogP contribution in [-0.2, 0) is 0 Å². The van der Waals surface area contributed by atoms with Crippen molar-refractivity contribution in [2.24, 2.45) is 0 Å². The molecule has 2 aromatic carbocycles. The average Bonchev–Trinajstić information content (AvgIpc) is 2.48. The van der Waals surface area contributed by atoms with Crippen LogP contribution in [0, 0.1) is 0 Å². The molecule has 0 aliphatic rings. The Kier molecular flexibility index (Phi) is 4.56. The number of para-hydroxylation sites is 2. The number of ether oxygens (including phenoxy) is 2. The Morgan fingerprint density at radius 3 is 2.26 bits per heavy atom. The second kappa shape index (κ2) is 6.59. The monoisotopic (exact) mass is 256 g/mol. The van der Waals surface area contributed by atoms with Gasteiger partial charge in [-0.15, -0.1) is 0 Å². The highest BCUT2D eigenvalue weighted by atomic mass is 16.5. The first-order valence-electron chi connectivity index (χ1n) is 6.15. The van der Waals surface area contributed by atoms with Crippen LogP contribution < -0.4 is 9.47 Å². The SMILES string of the molecule is COc1ccccc1OCCC(=O)c1ccccc1. The Hall–Kier alpha value is -2.29. The zero-order valence-corrected chi connectivity index (χ0v) is 10.8. The van der Waals surface area contributed by atoms with Crippen LogP contribution >= 0.6 is 0 Å². The molecular weight excluding hydrogens is 240 g/mol. The number of carbonyl (C=O) groups is 1. The van der Waals surface area contributed by atoms with Gasteiger partial charge in [0, 0.05) is 12.0 Å². The summed E-state index contributed by atoms with van der Waals surface area (Å²) >= 11 is 0. The second-order valence-corrected chi connectivity index (χ2v) is 4.04. The molecule has 0 unspecified atom stereocenters. The summed E-state index contributed by atoms with van der Waals surface area (Å²) in [4.78, 5) is 11.9. The molecule has 0 aromatic heterocycles. The van der Waals surface area contributed by atoms with Crippen LogP contribution in [0.5, 0.6) is 11.5 Å². The molecule has 0 N–H and O–H groups in total. The molecule has 0 heterocycles. The van der Waals surface area contributed by atoms with Gasteiger partial charge in [-0.2, -0.15) is 0 Å². The van der Waals surface area contributed by atoms with Gasteiger partial charge >= 0.3 is 0 Å². The van der Waals surface area contributed by atoms with Crippen LogP contribution in [0.15, 0.2) is 54.6 Å². The highest BCUT2D eigenvalue weighted by Crippen LogP contribution is 2.25. The number of ketones is 1. The summed E-state index contributed by atoms with van der Waals surface area (Å²) in [6, 6.07) is 16.6. The molecule has 0 spiro atoms. The molecule has 19 heavy (non-hydrogen) atoms. The Balaban J connectivity index is 1.88. The van der Waals surface area contributed by atoms with Crippen molar-refractivity contribution in [2.45, 2.75) is 6.42 Å². The quantitative estimate of drug-likeness (QED) is 0.743. The van der Waals surface area contributed by atoms with Gasteiger partial charge in [0.25, 0.3) is 0 Å². The van der Waals surface area contributed by atoms with Crippen molar-refractivity contribution in [3.63, 3.8) is 0 Å². The minimum Gasteiger partial charge on any atom is -0.493 e. The number of methoxy groups -OCH3 is 1. The third kappa shape index (κ3) is 3.58. The smallest absolute Gasteiger partial charge is 0.166 e. The fourth-order valence-electron chi connectivity index (χ4n) is 1.76. The van der Waals surface area contributed by atoms with E-state index in [-0.39, 0.29) is 5.78 Å². The molecule has 2 rings (SSSR count). The topological polar surface area (TPSA) is 35.5 Å². The molecule has 0 fully saturated rings. The van der Waals surface area contributed by atoms with Gasteiger partial charge in [0.1, 0.15) is 0 Å². The largest absolute Gasteiger partial charge is 0.493 e. The lowest BCUT2D eigenvalue weighted by atomic mass is 10.1. The summed E-state index contributed by atoms with van der Waals surface area (Å²) in [7, 11) is 1.59. The summed E-state index contributed by atoms with van der Waals surface area (Å²) in [6.45, 7) is 0.341. The maximum absolute atomic E-state index is 11.9. The predicted molar refractivity (Wildman–Crippen MR) is 73.9 cm³/mol. The lowest BCUT2D eigenvalue weighted by molar-refractivity contribution is 0.0961. The Morgan fingerprint density at radius 2 is 1.58 bits per heavy atom. The Bertz CT molecular complexity index is 535. The van der Waals surface area contributed by atoms with E-state index in [1.807, 2.05) is 54.6 Å². The van der Waals surface area contributed by atoms with Gasteiger partial charge in [0.15, 0.2) is 17.3 Å². The van der Waals surface area contributed by atoms with E-state index in [0.29, 0.717) is 30.1 Å². The number of Topliss-reactive ketones (excluding diaryl/α,β-unsaturated/α-hetero) is 1. The molecule has 0 aliphatic heterocycles. The summed E-state index contributed by atoms with van der Waals surface area (Å²) < 4.78 is 10.8. The van der Waals surface area contributed by atoms with Crippen molar-refractivity contribution in [1.29, 1.82) is 0 Å². The molecule has 0 aliphatic carbocycles. The van der Waals surface area contributed by atoms with Gasteiger partial charge < -0.3 is 9.47 Å². The number of rotatable bonds is 6. The molecule has 3 heteroatoms. The fraction of sp³-hybridized carbons (Fsp3) is 0.188. The molecule has 0 bridgehead atoms. The molecule has 0 saturated carbocycles. The van der Waals surface area contributed by atoms with Crippen LogP contribution in [0.4, 0.5) is 0 Å². The predicted octanol–water partition coefficient (Wildman–Crippen LogP) is 3.35. The van der Waals surface area contributed by atoms with E-state index in [1.54, 1.807) is 7.11 Å². The molecule has 0 saturated heterocycles. The number of hydrogen-bond donors (Lipinski definition) is 0. The minimum atomic E-state index is 0.0792. The van der Waals surface area contributed by atoms with Gasteiger partial charge in [-0.25, -0.2) is 0 Å². The first kappa shape index (κ1) is 13.1. The van der Waals surface area contributed by atoms with Gasteiger partial charge in [-0.3, -0.25) is 4.79 Å². The van der Waals surface area contributed by atoms with E-state index in [1.165, 1.54) is 0 Å². The molecule has 0 atom stereocenters. The second-order valence-electron chi connectivity index (χ2n) is 4.04. The van der Waals surface area contributed by atoms with E-state index < -0.39 is 0 Å². The van der Waals surface area contributed by atoms with Crippen LogP contribution in [-0.4, -0.2) is 19.5 Å². The molecule has 98 valence electrons. The van der Waals surface area contributed by atoms with Crippen molar-refractivity contribution in [3.05, 3.63) is 60.2 Å². The van der Waals surface area contributed by atoms with E-state index >= 15 is 0 Å². The highest BCUT2D eigenvalue weighted by molar-refractivity contribution is 5.96. The van der Waals surface area contributed by atoms with Gasteiger partial charge in [0.05, 0.1) is 13.7 Å². The first-order valence-corrected chi connectivity index (χ1v) is 6.15. The van der Waals surface area contributed by atoms with Crippen LogP contribution in [0.25, 0.3) is 0 Å². The van der Waals surface area contributed by atoms with E-state index in [2.05, 4.69) is 0 Å². The van der Waals surface area contributed by atoms with Crippen LogP contribution in [0.1, 0.15) is 16.8 Å². The lowest BCUT2D eigenvalue weighted by Crippen LogP contribution is -2.07. The zero-order chi connectivity index (χ0) is 13.5. The van der Waals surface area contributed by atoms with E-state index in [9.17, 15) is 4.79 Å². The standard InChI is InChI=1S/C16H16O3/c1-18-15-9-5-6-10-16(15)19-12-11-14(17)13-7-3-2-4-8-13/h2-10H,11-12H2,1H3. The molecule has 2 aromatic rings. The van der Waals surface area contributed by atoms with Gasteiger partial charge in [-0.05, 0) is 12.1 Å². The third-order valence-electron chi connectivity index (χ3n) is 2.75. The molecule has 0 radical (unpaired) electrons. The summed E-state index contributed by atoms with van der Waals surface area (Å²) in [5.74, 6) is 1.41. The minimum absolute atomic E-state index is 0.0792. The number of hydrogen-bond acceptors (Lipinski definition) is 3. The highest BCUT2D eigenvalue weighted by Gasteiger charge is 2.07. The average molecular weight is 256 g/mol. The number of benzene rings is 2. The first-order chi connectivity index (χ1) is 9.31. The van der Waals surface area contributed by atoms with Crippen molar-refractivity contribution >= 4 is 5.78 Å². The van der Waals surface area contributed by atoms with Gasteiger partial charge in [-0.1, -0.05) is 42.5 Å². The van der Waals surface area contributed by atoms with Crippen molar-refractivity contribution in [1.82, 2.24) is 0 Å². The summed E-state index contributed by atoms with van der Waals surface area (Å²) in [6.07, 6.45) is 0.349. The van der Waals surface area contributed by atoms with Gasteiger partial charge in [0.2, 0.25) is 0 Å². The van der Waals surface area contributed by atoms with E-state index in [0.717, 1.165) is 0 Å². The summed E-state index contributed by atoms with van der Waals surface area (Å²) in [5, 5.41) is 0. The summed E-state index contributed by atoms with van der Waals surface area (Å²) in [5.41, 5.74) is 0.714. The van der Waals surface area contributed by atoms with Crippen molar-refractivity contribution in [2.75, 3.05) is 13.7 Å². The molecular formula is C16H16O3. The van der Waals surface area contributed by atoms with E-state index in [4.69, 9.17) is 9.47 Å². The van der Waals surface area contributed by atoms with Crippen LogP contribution in [0.2, 0.25) is 0 Å².